The van der Waals surface area contributed by atoms with Gasteiger partial charge in [-0.25, -0.2) is 4.98 Å². The van der Waals surface area contributed by atoms with E-state index >= 15 is 0 Å². The van der Waals surface area contributed by atoms with E-state index in [4.69, 9.17) is 9.72 Å². The van der Waals surface area contributed by atoms with Gasteiger partial charge in [0.25, 0.3) is 5.56 Å². The fourth-order valence-corrected chi connectivity index (χ4v) is 4.74. The molecule has 7 heteroatoms. The molecule has 3 aromatic rings. The molecule has 1 N–H and O–H groups in total. The molecule has 1 fully saturated rings. The van der Waals surface area contributed by atoms with Crippen LogP contribution in [0.3, 0.4) is 0 Å². The number of benzene rings is 2. The van der Waals surface area contributed by atoms with Crippen molar-refractivity contribution in [3.63, 3.8) is 0 Å². The Bertz CT molecular complexity index is 1030. The Labute approximate surface area is 180 Å². The van der Waals surface area contributed by atoms with Gasteiger partial charge in [0.15, 0.2) is 5.16 Å². The van der Waals surface area contributed by atoms with Gasteiger partial charge in [-0.3, -0.25) is 14.3 Å². The van der Waals surface area contributed by atoms with Crippen LogP contribution in [-0.4, -0.2) is 64.3 Å². The number of hydrogen-bond donors (Lipinski definition) is 1. The Hall–Kier alpha value is -2.19. The minimum Gasteiger partial charge on any atom is -0.391 e. The fourth-order valence-electron chi connectivity index (χ4n) is 3.75. The Morgan fingerprint density at radius 1 is 1.10 bits per heavy atom. The molecule has 0 bridgehead atoms. The molecule has 30 heavy (non-hydrogen) atoms. The number of ether oxygens (including phenoxy) is 1. The van der Waals surface area contributed by atoms with Crippen molar-refractivity contribution in [2.24, 2.45) is 0 Å². The highest BCUT2D eigenvalue weighted by Crippen LogP contribution is 2.25. The van der Waals surface area contributed by atoms with Crippen molar-refractivity contribution in [3.8, 4) is 0 Å². The molecule has 0 amide bonds. The van der Waals surface area contributed by atoms with E-state index in [0.717, 1.165) is 18.7 Å². The van der Waals surface area contributed by atoms with E-state index in [1.165, 1.54) is 11.8 Å². The maximum Gasteiger partial charge on any atom is 0.262 e. The molecule has 1 saturated heterocycles. The minimum absolute atomic E-state index is 0.0536. The van der Waals surface area contributed by atoms with Gasteiger partial charge in [-0.05, 0) is 24.6 Å². The monoisotopic (exact) mass is 425 g/mol. The standard InChI is InChI=1S/C23H27N3O3S/c1-17(18-7-3-2-4-8-18)26-22(28)20-9-5-6-10-21(20)24-23(26)30-16-19(27)15-25-11-13-29-14-12-25/h2-10,17,19,27H,11-16H2,1H3/t17-,19+/m0/s1. The second kappa shape index (κ2) is 9.75. The number of aliphatic hydroxyl groups excluding tert-OH is 1. The van der Waals surface area contributed by atoms with Gasteiger partial charge in [0.1, 0.15) is 0 Å². The molecule has 0 radical (unpaired) electrons. The summed E-state index contributed by atoms with van der Waals surface area (Å²) in [5.74, 6) is 0.476. The number of rotatable bonds is 7. The lowest BCUT2D eigenvalue weighted by atomic mass is 10.1. The molecule has 0 saturated carbocycles. The predicted molar refractivity (Wildman–Crippen MR) is 120 cm³/mol. The first-order valence-corrected chi connectivity index (χ1v) is 11.3. The van der Waals surface area contributed by atoms with E-state index in [1.54, 1.807) is 4.57 Å². The highest BCUT2D eigenvalue weighted by molar-refractivity contribution is 7.99. The first kappa shape index (κ1) is 21.1. The molecule has 2 aromatic carbocycles. The molecule has 0 spiro atoms. The van der Waals surface area contributed by atoms with Crippen molar-refractivity contribution in [2.75, 3.05) is 38.6 Å². The highest BCUT2D eigenvalue weighted by Gasteiger charge is 2.20. The first-order valence-electron chi connectivity index (χ1n) is 10.3. The summed E-state index contributed by atoms with van der Waals surface area (Å²) in [5.41, 5.74) is 1.68. The van der Waals surface area contributed by atoms with Gasteiger partial charge in [-0.1, -0.05) is 54.2 Å². The van der Waals surface area contributed by atoms with E-state index in [0.29, 0.717) is 41.6 Å². The van der Waals surface area contributed by atoms with Crippen LogP contribution >= 0.6 is 11.8 Å². The Morgan fingerprint density at radius 2 is 1.80 bits per heavy atom. The van der Waals surface area contributed by atoms with E-state index < -0.39 is 6.10 Å². The van der Waals surface area contributed by atoms with Crippen LogP contribution in [0.1, 0.15) is 18.5 Å². The summed E-state index contributed by atoms with van der Waals surface area (Å²) >= 11 is 1.44. The number of fused-ring (bicyclic) bond motifs is 1. The summed E-state index contributed by atoms with van der Waals surface area (Å²) in [6.07, 6.45) is -0.503. The van der Waals surface area contributed by atoms with Crippen LogP contribution in [0.15, 0.2) is 64.5 Å². The zero-order chi connectivity index (χ0) is 20.9. The third kappa shape index (κ3) is 4.75. The number of β-amino-alcohol motifs (C(OH)–C–C–N with tert-alkyl or cyclic N) is 1. The van der Waals surface area contributed by atoms with Crippen LogP contribution in [0.2, 0.25) is 0 Å². The van der Waals surface area contributed by atoms with Gasteiger partial charge in [0, 0.05) is 25.4 Å². The number of aliphatic hydroxyl groups is 1. The predicted octanol–water partition coefficient (Wildman–Crippen LogP) is 2.79. The lowest BCUT2D eigenvalue weighted by Crippen LogP contribution is -2.41. The van der Waals surface area contributed by atoms with Crippen molar-refractivity contribution in [2.45, 2.75) is 24.2 Å². The van der Waals surface area contributed by atoms with E-state index in [9.17, 15) is 9.90 Å². The normalized spacial score (nSPS) is 17.1. The molecule has 1 aromatic heterocycles. The van der Waals surface area contributed by atoms with Crippen LogP contribution in [0.5, 0.6) is 0 Å². The van der Waals surface area contributed by atoms with Gasteiger partial charge < -0.3 is 9.84 Å². The van der Waals surface area contributed by atoms with Gasteiger partial charge in [0.2, 0.25) is 0 Å². The number of thioether (sulfide) groups is 1. The molecule has 1 aliphatic heterocycles. The maximum absolute atomic E-state index is 13.4. The lowest BCUT2D eigenvalue weighted by molar-refractivity contribution is 0.0188. The van der Waals surface area contributed by atoms with Crippen LogP contribution in [-0.2, 0) is 4.74 Å². The van der Waals surface area contributed by atoms with Crippen molar-refractivity contribution < 1.29 is 9.84 Å². The van der Waals surface area contributed by atoms with Crippen LogP contribution in [0.4, 0.5) is 0 Å². The largest absolute Gasteiger partial charge is 0.391 e. The SMILES string of the molecule is C[C@@H](c1ccccc1)n1c(SC[C@H](O)CN2CCOCC2)nc2ccccc2c1=O. The van der Waals surface area contributed by atoms with Crippen LogP contribution in [0.25, 0.3) is 10.9 Å². The average Bonchev–Trinajstić information content (AvgIpc) is 2.79. The molecule has 4 rings (SSSR count). The summed E-state index contributed by atoms with van der Waals surface area (Å²) in [5, 5.41) is 11.8. The number of morpholine rings is 1. The zero-order valence-electron chi connectivity index (χ0n) is 17.1. The van der Waals surface area contributed by atoms with Crippen molar-refractivity contribution in [1.29, 1.82) is 0 Å². The van der Waals surface area contributed by atoms with E-state index in [2.05, 4.69) is 4.90 Å². The average molecular weight is 426 g/mol. The molecule has 158 valence electrons. The molecule has 1 aliphatic rings. The Kier molecular flexibility index (Phi) is 6.84. The number of para-hydroxylation sites is 1. The zero-order valence-corrected chi connectivity index (χ0v) is 17.9. The second-order valence-corrected chi connectivity index (χ2v) is 8.54. The van der Waals surface area contributed by atoms with Crippen LogP contribution in [0, 0.1) is 0 Å². The van der Waals surface area contributed by atoms with E-state index in [-0.39, 0.29) is 11.6 Å². The third-order valence-corrected chi connectivity index (χ3v) is 6.52. The molecular formula is C23H27N3O3S. The quantitative estimate of drug-likeness (QED) is 0.464. The second-order valence-electron chi connectivity index (χ2n) is 7.55. The third-order valence-electron chi connectivity index (χ3n) is 5.42. The molecule has 2 atom stereocenters. The van der Waals surface area contributed by atoms with Crippen LogP contribution < -0.4 is 5.56 Å². The smallest absolute Gasteiger partial charge is 0.262 e. The lowest BCUT2D eigenvalue weighted by Gasteiger charge is -2.28. The Morgan fingerprint density at radius 3 is 2.57 bits per heavy atom. The molecule has 0 unspecified atom stereocenters. The first-order chi connectivity index (χ1) is 14.6. The summed E-state index contributed by atoms with van der Waals surface area (Å²) < 4.78 is 7.13. The fraction of sp³-hybridized carbons (Fsp3) is 0.391. The van der Waals surface area contributed by atoms with E-state index in [1.807, 2.05) is 61.5 Å². The number of aromatic nitrogens is 2. The molecule has 0 aliphatic carbocycles. The molecule has 6 nitrogen and oxygen atoms in total. The van der Waals surface area contributed by atoms with Crippen molar-refractivity contribution in [3.05, 3.63) is 70.5 Å². The number of hydrogen-bond acceptors (Lipinski definition) is 6. The maximum atomic E-state index is 13.4. The minimum atomic E-state index is -0.503. The van der Waals surface area contributed by atoms with Crippen molar-refractivity contribution in [1.82, 2.24) is 14.5 Å². The Balaban J connectivity index is 1.61. The highest BCUT2D eigenvalue weighted by atomic mass is 32.2. The van der Waals surface area contributed by atoms with Gasteiger partial charge in [-0.2, -0.15) is 0 Å². The summed E-state index contributed by atoms with van der Waals surface area (Å²) in [6, 6.07) is 17.2. The summed E-state index contributed by atoms with van der Waals surface area (Å²) in [6.45, 7) is 5.71. The topological polar surface area (TPSA) is 67.6 Å². The van der Waals surface area contributed by atoms with Crippen molar-refractivity contribution >= 4 is 22.7 Å². The van der Waals surface area contributed by atoms with Gasteiger partial charge in [0.05, 0.1) is 36.3 Å². The van der Waals surface area contributed by atoms with Gasteiger partial charge in [-0.15, -0.1) is 0 Å². The molecule has 2 heterocycles. The summed E-state index contributed by atoms with van der Waals surface area (Å²) in [7, 11) is 0. The summed E-state index contributed by atoms with van der Waals surface area (Å²) in [4.78, 5) is 20.3. The van der Waals surface area contributed by atoms with Gasteiger partial charge >= 0.3 is 0 Å². The molecular weight excluding hydrogens is 398 g/mol. The number of nitrogens with zero attached hydrogens (tertiary/aromatic N) is 3.